The number of nitrogens with zero attached hydrogens (tertiary/aromatic N) is 1. The number of halogens is 1. The SMILES string of the molecule is Cc1ccc(-c2[nH]ncc2CNc2ccc(Br)cc2C)o1. The smallest absolute Gasteiger partial charge is 0.152 e. The summed E-state index contributed by atoms with van der Waals surface area (Å²) in [7, 11) is 0. The Bertz CT molecular complexity index is 760. The molecule has 0 bridgehead atoms. The van der Waals surface area contributed by atoms with Crippen LogP contribution in [-0.2, 0) is 6.54 Å². The van der Waals surface area contributed by atoms with Gasteiger partial charge in [0.2, 0.25) is 0 Å². The van der Waals surface area contributed by atoms with Gasteiger partial charge in [0.1, 0.15) is 11.5 Å². The fraction of sp³-hybridized carbons (Fsp3) is 0.188. The number of nitrogens with one attached hydrogen (secondary N) is 2. The maximum atomic E-state index is 5.65. The summed E-state index contributed by atoms with van der Waals surface area (Å²) in [5.41, 5.74) is 4.31. The Kier molecular flexibility index (Phi) is 3.84. The third-order valence-electron chi connectivity index (χ3n) is 3.36. The molecule has 3 rings (SSSR count). The van der Waals surface area contributed by atoms with Crippen molar-refractivity contribution in [1.82, 2.24) is 10.2 Å². The zero-order valence-electron chi connectivity index (χ0n) is 11.9. The minimum absolute atomic E-state index is 0.689. The van der Waals surface area contributed by atoms with E-state index in [0.29, 0.717) is 6.54 Å². The van der Waals surface area contributed by atoms with Crippen LogP contribution in [0.4, 0.5) is 5.69 Å². The van der Waals surface area contributed by atoms with Gasteiger partial charge in [-0.15, -0.1) is 0 Å². The van der Waals surface area contributed by atoms with Crippen LogP contribution < -0.4 is 5.32 Å². The summed E-state index contributed by atoms with van der Waals surface area (Å²) in [5, 5.41) is 10.6. The van der Waals surface area contributed by atoms with Gasteiger partial charge in [0.05, 0.1) is 6.20 Å². The van der Waals surface area contributed by atoms with E-state index in [1.54, 1.807) is 0 Å². The van der Waals surface area contributed by atoms with Gasteiger partial charge in [0.25, 0.3) is 0 Å². The van der Waals surface area contributed by atoms with Crippen LogP contribution in [0.25, 0.3) is 11.5 Å². The summed E-state index contributed by atoms with van der Waals surface area (Å²) in [6, 6.07) is 10.1. The first-order chi connectivity index (χ1) is 10.1. The number of furan rings is 1. The van der Waals surface area contributed by atoms with E-state index in [1.807, 2.05) is 31.3 Å². The lowest BCUT2D eigenvalue weighted by Gasteiger charge is -2.09. The number of rotatable bonds is 4. The first kappa shape index (κ1) is 13.9. The standard InChI is InChI=1S/C16H16BrN3O/c1-10-7-13(17)4-5-14(10)18-8-12-9-19-20-16(12)15-6-3-11(2)21-15/h3-7,9,18H,8H2,1-2H3,(H,19,20). The average Bonchev–Trinajstić information content (AvgIpc) is 3.06. The Morgan fingerprint density at radius 3 is 2.81 bits per heavy atom. The summed E-state index contributed by atoms with van der Waals surface area (Å²) in [6.07, 6.45) is 1.83. The van der Waals surface area contributed by atoms with Gasteiger partial charge in [-0.25, -0.2) is 0 Å². The molecule has 0 spiro atoms. The van der Waals surface area contributed by atoms with E-state index in [1.165, 1.54) is 5.56 Å². The van der Waals surface area contributed by atoms with E-state index in [9.17, 15) is 0 Å². The molecule has 3 aromatic rings. The maximum Gasteiger partial charge on any atom is 0.152 e. The number of aromatic amines is 1. The first-order valence-electron chi connectivity index (χ1n) is 6.72. The number of aryl methyl sites for hydroxylation is 2. The number of H-pyrrole nitrogens is 1. The Morgan fingerprint density at radius 2 is 2.10 bits per heavy atom. The maximum absolute atomic E-state index is 5.65. The van der Waals surface area contributed by atoms with E-state index in [2.05, 4.69) is 50.5 Å². The van der Waals surface area contributed by atoms with Gasteiger partial charge < -0.3 is 9.73 Å². The second-order valence-electron chi connectivity index (χ2n) is 4.99. The molecule has 0 atom stereocenters. The number of aromatic nitrogens is 2. The highest BCUT2D eigenvalue weighted by Crippen LogP contribution is 2.25. The third kappa shape index (κ3) is 3.03. The molecule has 0 amide bonds. The number of hydrogen-bond acceptors (Lipinski definition) is 3. The van der Waals surface area contributed by atoms with E-state index in [0.717, 1.165) is 32.9 Å². The van der Waals surface area contributed by atoms with Crippen LogP contribution in [0.3, 0.4) is 0 Å². The molecular formula is C16H16BrN3O. The molecule has 108 valence electrons. The number of anilines is 1. The van der Waals surface area contributed by atoms with Gasteiger partial charge in [-0.05, 0) is 49.7 Å². The zero-order valence-corrected chi connectivity index (χ0v) is 13.5. The molecule has 2 N–H and O–H groups in total. The van der Waals surface area contributed by atoms with Crippen molar-refractivity contribution in [1.29, 1.82) is 0 Å². The van der Waals surface area contributed by atoms with Crippen LogP contribution in [0.15, 0.2) is 45.4 Å². The Morgan fingerprint density at radius 1 is 1.24 bits per heavy atom. The fourth-order valence-corrected chi connectivity index (χ4v) is 2.72. The Labute approximate surface area is 131 Å². The van der Waals surface area contributed by atoms with E-state index < -0.39 is 0 Å². The molecule has 21 heavy (non-hydrogen) atoms. The van der Waals surface area contributed by atoms with Gasteiger partial charge in [-0.3, -0.25) is 5.10 Å². The second-order valence-corrected chi connectivity index (χ2v) is 5.91. The lowest BCUT2D eigenvalue weighted by atomic mass is 10.1. The summed E-state index contributed by atoms with van der Waals surface area (Å²) in [6.45, 7) is 4.70. The largest absolute Gasteiger partial charge is 0.460 e. The molecule has 4 nitrogen and oxygen atoms in total. The summed E-state index contributed by atoms with van der Waals surface area (Å²) < 4.78 is 6.74. The van der Waals surface area contributed by atoms with Crippen molar-refractivity contribution in [2.24, 2.45) is 0 Å². The van der Waals surface area contributed by atoms with Crippen LogP contribution >= 0.6 is 15.9 Å². The average molecular weight is 346 g/mol. The van der Waals surface area contributed by atoms with Crippen molar-refractivity contribution >= 4 is 21.6 Å². The molecular weight excluding hydrogens is 330 g/mol. The summed E-state index contributed by atoms with van der Waals surface area (Å²) in [4.78, 5) is 0. The van der Waals surface area contributed by atoms with Crippen LogP contribution in [0, 0.1) is 13.8 Å². The molecule has 0 radical (unpaired) electrons. The zero-order chi connectivity index (χ0) is 14.8. The Hall–Kier alpha value is -2.01. The molecule has 2 aromatic heterocycles. The highest BCUT2D eigenvalue weighted by atomic mass is 79.9. The number of hydrogen-bond donors (Lipinski definition) is 2. The topological polar surface area (TPSA) is 53.9 Å². The first-order valence-corrected chi connectivity index (χ1v) is 7.52. The van der Waals surface area contributed by atoms with Crippen molar-refractivity contribution in [2.75, 3.05) is 5.32 Å². The van der Waals surface area contributed by atoms with Gasteiger partial charge >= 0.3 is 0 Å². The molecule has 0 unspecified atom stereocenters. The summed E-state index contributed by atoms with van der Waals surface area (Å²) >= 11 is 3.48. The van der Waals surface area contributed by atoms with Crippen LogP contribution in [-0.4, -0.2) is 10.2 Å². The van der Waals surface area contributed by atoms with Crippen LogP contribution in [0.1, 0.15) is 16.9 Å². The van der Waals surface area contributed by atoms with E-state index in [4.69, 9.17) is 4.42 Å². The predicted molar refractivity (Wildman–Crippen MR) is 87.2 cm³/mol. The monoisotopic (exact) mass is 345 g/mol. The van der Waals surface area contributed by atoms with Gasteiger partial charge in [0, 0.05) is 22.3 Å². The molecule has 0 aliphatic rings. The van der Waals surface area contributed by atoms with Crippen molar-refractivity contribution in [3.63, 3.8) is 0 Å². The minimum atomic E-state index is 0.689. The summed E-state index contributed by atoms with van der Waals surface area (Å²) in [5.74, 6) is 1.71. The van der Waals surface area contributed by atoms with Crippen molar-refractivity contribution in [2.45, 2.75) is 20.4 Å². The minimum Gasteiger partial charge on any atom is -0.460 e. The molecule has 0 aliphatic heterocycles. The fourth-order valence-electron chi connectivity index (χ4n) is 2.24. The highest BCUT2D eigenvalue weighted by molar-refractivity contribution is 9.10. The molecule has 5 heteroatoms. The molecule has 0 aliphatic carbocycles. The number of benzene rings is 1. The van der Waals surface area contributed by atoms with Gasteiger partial charge in [0.15, 0.2) is 5.76 Å². The normalized spacial score (nSPS) is 10.8. The van der Waals surface area contributed by atoms with Crippen molar-refractivity contribution in [3.8, 4) is 11.5 Å². The molecule has 2 heterocycles. The Balaban J connectivity index is 1.79. The van der Waals surface area contributed by atoms with Crippen molar-refractivity contribution in [3.05, 3.63) is 57.9 Å². The van der Waals surface area contributed by atoms with Gasteiger partial charge in [-0.1, -0.05) is 15.9 Å². The molecule has 0 saturated heterocycles. The van der Waals surface area contributed by atoms with Crippen LogP contribution in [0.5, 0.6) is 0 Å². The lowest BCUT2D eigenvalue weighted by molar-refractivity contribution is 0.545. The molecule has 0 fully saturated rings. The third-order valence-corrected chi connectivity index (χ3v) is 3.86. The highest BCUT2D eigenvalue weighted by Gasteiger charge is 2.11. The van der Waals surface area contributed by atoms with E-state index in [-0.39, 0.29) is 0 Å². The van der Waals surface area contributed by atoms with E-state index >= 15 is 0 Å². The molecule has 0 saturated carbocycles. The quantitative estimate of drug-likeness (QED) is 0.722. The lowest BCUT2D eigenvalue weighted by Crippen LogP contribution is -2.01. The molecule has 1 aromatic carbocycles. The van der Waals surface area contributed by atoms with Crippen LogP contribution in [0.2, 0.25) is 0 Å². The second kappa shape index (κ2) is 5.77. The van der Waals surface area contributed by atoms with Crippen molar-refractivity contribution < 1.29 is 4.42 Å². The van der Waals surface area contributed by atoms with Gasteiger partial charge in [-0.2, -0.15) is 5.10 Å². The predicted octanol–water partition coefficient (Wildman–Crippen LogP) is 4.66.